The van der Waals surface area contributed by atoms with Gasteiger partial charge in [0.15, 0.2) is 11.5 Å². The smallest absolute Gasteiger partial charge is 0.276 e. The molecule has 8 heteroatoms. The van der Waals surface area contributed by atoms with E-state index in [-0.39, 0.29) is 17.7 Å². The number of carbonyl (C=O) groups is 1. The minimum absolute atomic E-state index is 0.215. The van der Waals surface area contributed by atoms with Crippen molar-refractivity contribution in [1.29, 1.82) is 0 Å². The molecule has 0 bridgehead atoms. The number of amides is 1. The van der Waals surface area contributed by atoms with Gasteiger partial charge in [0.25, 0.3) is 11.8 Å². The number of morpholine rings is 1. The summed E-state index contributed by atoms with van der Waals surface area (Å²) in [6, 6.07) is 1.22. The van der Waals surface area contributed by atoms with Crippen LogP contribution < -0.4 is 0 Å². The SMILES string of the molecule is Cc1cc(C(=O)N2CCO[C@H](C)[C@H]2c2nc(C3CC3)no2)no1. The summed E-state index contributed by atoms with van der Waals surface area (Å²) in [6.45, 7) is 4.56. The molecule has 0 aromatic carbocycles. The van der Waals surface area contributed by atoms with E-state index in [1.807, 2.05) is 6.92 Å². The van der Waals surface area contributed by atoms with Crippen LogP contribution in [0.15, 0.2) is 15.1 Å². The van der Waals surface area contributed by atoms with Crippen LogP contribution in [0.2, 0.25) is 0 Å². The van der Waals surface area contributed by atoms with Crippen molar-refractivity contribution in [3.05, 3.63) is 29.2 Å². The van der Waals surface area contributed by atoms with Gasteiger partial charge in [-0.25, -0.2) is 0 Å². The maximum atomic E-state index is 12.8. The van der Waals surface area contributed by atoms with E-state index in [9.17, 15) is 4.79 Å². The summed E-state index contributed by atoms with van der Waals surface area (Å²) in [4.78, 5) is 18.9. The molecule has 2 aromatic heterocycles. The minimum atomic E-state index is -0.409. The van der Waals surface area contributed by atoms with Gasteiger partial charge >= 0.3 is 0 Å². The zero-order chi connectivity index (χ0) is 16.0. The fraction of sp³-hybridized carbons (Fsp3) is 0.600. The Kier molecular flexibility index (Phi) is 3.41. The standard InChI is InChI=1S/C15H18N4O4/c1-8-7-11(17-22-8)15(20)19-5-6-21-9(2)12(19)14-16-13(18-23-14)10-3-4-10/h7,9-10,12H,3-6H2,1-2H3/t9-,12+/m1/s1. The van der Waals surface area contributed by atoms with E-state index in [1.165, 1.54) is 0 Å². The summed E-state index contributed by atoms with van der Waals surface area (Å²) in [5.74, 6) is 1.93. The second kappa shape index (κ2) is 5.45. The van der Waals surface area contributed by atoms with Crippen molar-refractivity contribution >= 4 is 5.91 Å². The molecule has 0 spiro atoms. The largest absolute Gasteiger partial charge is 0.374 e. The fourth-order valence-electron chi connectivity index (χ4n) is 2.87. The summed E-state index contributed by atoms with van der Waals surface area (Å²) >= 11 is 0. The first-order chi connectivity index (χ1) is 11.1. The zero-order valence-electron chi connectivity index (χ0n) is 13.1. The third kappa shape index (κ3) is 2.63. The lowest BCUT2D eigenvalue weighted by Gasteiger charge is -2.37. The summed E-state index contributed by atoms with van der Waals surface area (Å²) in [6.07, 6.45) is 1.96. The molecule has 122 valence electrons. The lowest BCUT2D eigenvalue weighted by Crippen LogP contribution is -2.47. The van der Waals surface area contributed by atoms with Gasteiger partial charge in [-0.05, 0) is 26.7 Å². The maximum Gasteiger partial charge on any atom is 0.276 e. The Bertz CT molecular complexity index is 721. The molecule has 2 aliphatic rings. The van der Waals surface area contributed by atoms with Crippen LogP contribution in [0.4, 0.5) is 0 Å². The van der Waals surface area contributed by atoms with Crippen molar-refractivity contribution in [2.45, 2.75) is 44.8 Å². The van der Waals surface area contributed by atoms with E-state index < -0.39 is 6.04 Å². The van der Waals surface area contributed by atoms with Crippen LogP contribution in [0.5, 0.6) is 0 Å². The van der Waals surface area contributed by atoms with E-state index in [2.05, 4.69) is 15.3 Å². The molecule has 1 saturated carbocycles. The van der Waals surface area contributed by atoms with Crippen molar-refractivity contribution in [2.24, 2.45) is 0 Å². The van der Waals surface area contributed by atoms with E-state index in [0.29, 0.717) is 30.7 Å². The molecular formula is C15H18N4O4. The van der Waals surface area contributed by atoms with Crippen molar-refractivity contribution in [1.82, 2.24) is 20.2 Å². The van der Waals surface area contributed by atoms with E-state index in [4.69, 9.17) is 13.8 Å². The molecule has 0 N–H and O–H groups in total. The van der Waals surface area contributed by atoms with Crippen LogP contribution in [0.3, 0.4) is 0 Å². The Morgan fingerprint density at radius 2 is 2.13 bits per heavy atom. The number of aromatic nitrogens is 3. The van der Waals surface area contributed by atoms with Gasteiger partial charge < -0.3 is 18.7 Å². The third-order valence-electron chi connectivity index (χ3n) is 4.25. The van der Waals surface area contributed by atoms with Crippen LogP contribution in [0.25, 0.3) is 0 Å². The van der Waals surface area contributed by atoms with E-state index in [0.717, 1.165) is 18.7 Å². The predicted molar refractivity (Wildman–Crippen MR) is 76.7 cm³/mol. The second-order valence-corrected chi connectivity index (χ2v) is 6.11. The van der Waals surface area contributed by atoms with Crippen LogP contribution in [0.1, 0.15) is 59.7 Å². The Balaban J connectivity index is 1.63. The molecule has 1 amide bonds. The highest BCUT2D eigenvalue weighted by Crippen LogP contribution is 2.39. The number of rotatable bonds is 3. The normalized spacial score (nSPS) is 24.9. The number of aryl methyl sites for hydroxylation is 1. The first kappa shape index (κ1) is 14.4. The number of ether oxygens (including phenoxy) is 1. The third-order valence-corrected chi connectivity index (χ3v) is 4.25. The molecule has 0 radical (unpaired) electrons. The first-order valence-corrected chi connectivity index (χ1v) is 7.83. The van der Waals surface area contributed by atoms with Gasteiger partial charge in [-0.1, -0.05) is 10.3 Å². The minimum Gasteiger partial charge on any atom is -0.374 e. The molecule has 4 rings (SSSR count). The lowest BCUT2D eigenvalue weighted by molar-refractivity contribution is -0.0603. The van der Waals surface area contributed by atoms with E-state index >= 15 is 0 Å². The van der Waals surface area contributed by atoms with Crippen molar-refractivity contribution in [3.8, 4) is 0 Å². The Morgan fingerprint density at radius 3 is 2.83 bits per heavy atom. The van der Waals surface area contributed by atoms with Crippen molar-refractivity contribution < 1.29 is 18.6 Å². The molecule has 1 aliphatic carbocycles. The van der Waals surface area contributed by atoms with Gasteiger partial charge in [0, 0.05) is 18.5 Å². The first-order valence-electron chi connectivity index (χ1n) is 7.83. The van der Waals surface area contributed by atoms with Crippen LogP contribution in [0, 0.1) is 6.92 Å². The van der Waals surface area contributed by atoms with Gasteiger partial charge in [0.2, 0.25) is 0 Å². The van der Waals surface area contributed by atoms with Crippen LogP contribution in [-0.4, -0.2) is 45.4 Å². The van der Waals surface area contributed by atoms with Gasteiger partial charge in [-0.15, -0.1) is 0 Å². The molecule has 2 fully saturated rings. The summed E-state index contributed by atoms with van der Waals surface area (Å²) in [5, 5.41) is 7.86. The Labute approximate surface area is 132 Å². The summed E-state index contributed by atoms with van der Waals surface area (Å²) in [7, 11) is 0. The molecule has 23 heavy (non-hydrogen) atoms. The van der Waals surface area contributed by atoms with Crippen LogP contribution >= 0.6 is 0 Å². The highest BCUT2D eigenvalue weighted by atomic mass is 16.5. The summed E-state index contributed by atoms with van der Waals surface area (Å²) in [5.41, 5.74) is 0.281. The molecule has 3 heterocycles. The second-order valence-electron chi connectivity index (χ2n) is 6.11. The average Bonchev–Trinajstić information content (AvgIpc) is 3.12. The van der Waals surface area contributed by atoms with Crippen molar-refractivity contribution in [3.63, 3.8) is 0 Å². The molecule has 1 aliphatic heterocycles. The highest BCUT2D eigenvalue weighted by Gasteiger charge is 2.40. The van der Waals surface area contributed by atoms with Gasteiger partial charge in [0.05, 0.1) is 12.7 Å². The molecule has 0 unspecified atom stereocenters. The monoisotopic (exact) mass is 318 g/mol. The fourth-order valence-corrected chi connectivity index (χ4v) is 2.87. The van der Waals surface area contributed by atoms with Gasteiger partial charge in [0.1, 0.15) is 11.8 Å². The van der Waals surface area contributed by atoms with E-state index in [1.54, 1.807) is 17.9 Å². The molecule has 8 nitrogen and oxygen atoms in total. The van der Waals surface area contributed by atoms with Gasteiger partial charge in [-0.2, -0.15) is 4.98 Å². The number of hydrogen-bond donors (Lipinski definition) is 0. The van der Waals surface area contributed by atoms with Crippen molar-refractivity contribution in [2.75, 3.05) is 13.2 Å². The molecule has 2 atom stereocenters. The highest BCUT2D eigenvalue weighted by molar-refractivity contribution is 5.92. The Morgan fingerprint density at radius 1 is 1.30 bits per heavy atom. The van der Waals surface area contributed by atoms with Gasteiger partial charge in [-0.3, -0.25) is 4.79 Å². The van der Waals surface area contributed by atoms with Crippen LogP contribution in [-0.2, 0) is 4.74 Å². The average molecular weight is 318 g/mol. The number of hydrogen-bond acceptors (Lipinski definition) is 7. The Hall–Kier alpha value is -2.22. The zero-order valence-corrected chi connectivity index (χ0v) is 13.1. The molecule has 2 aromatic rings. The number of nitrogens with zero attached hydrogens (tertiary/aromatic N) is 4. The predicted octanol–water partition coefficient (Wildman–Crippen LogP) is 1.85. The quantitative estimate of drug-likeness (QED) is 0.852. The molecule has 1 saturated heterocycles. The summed E-state index contributed by atoms with van der Waals surface area (Å²) < 4.78 is 16.1. The lowest BCUT2D eigenvalue weighted by atomic mass is 10.1. The maximum absolute atomic E-state index is 12.8. The molecular weight excluding hydrogens is 300 g/mol. The topological polar surface area (TPSA) is 94.5 Å². The number of carbonyl (C=O) groups excluding carboxylic acids is 1.